The lowest BCUT2D eigenvalue weighted by Gasteiger charge is -2.08. The smallest absolute Gasteiger partial charge is 0.155 e. The third-order valence-corrected chi connectivity index (χ3v) is 2.68. The Labute approximate surface area is 95.4 Å². The van der Waals surface area contributed by atoms with E-state index >= 15 is 0 Å². The van der Waals surface area contributed by atoms with Crippen molar-refractivity contribution in [3.05, 3.63) is 23.8 Å². The summed E-state index contributed by atoms with van der Waals surface area (Å²) in [6.07, 6.45) is 5.66. The second-order valence-corrected chi connectivity index (χ2v) is 4.70. The molecule has 0 saturated heterocycles. The highest BCUT2D eigenvalue weighted by Crippen LogP contribution is 2.18. The van der Waals surface area contributed by atoms with Gasteiger partial charge in [-0.15, -0.1) is 0 Å². The first-order valence-corrected chi connectivity index (χ1v) is 5.74. The van der Waals surface area contributed by atoms with E-state index in [2.05, 4.69) is 23.9 Å². The first-order valence-electron chi connectivity index (χ1n) is 5.74. The van der Waals surface area contributed by atoms with E-state index in [1.807, 2.05) is 4.68 Å². The minimum atomic E-state index is 0.241. The van der Waals surface area contributed by atoms with E-state index in [4.69, 9.17) is 0 Å². The maximum atomic E-state index is 11.1. The highest BCUT2D eigenvalue weighted by atomic mass is 16.1. The third kappa shape index (κ3) is 2.56. The summed E-state index contributed by atoms with van der Waals surface area (Å²) in [6, 6.07) is 0. The highest BCUT2D eigenvalue weighted by molar-refractivity contribution is 5.92. The fraction of sp³-hybridized carbons (Fsp3) is 0.583. The van der Waals surface area contributed by atoms with E-state index in [1.165, 1.54) is 5.57 Å². The van der Waals surface area contributed by atoms with E-state index in [-0.39, 0.29) is 5.78 Å². The molecule has 1 heterocycles. The molecular weight excluding hydrogens is 202 g/mol. The van der Waals surface area contributed by atoms with E-state index in [0.717, 1.165) is 25.2 Å². The summed E-state index contributed by atoms with van der Waals surface area (Å²) in [5.74, 6) is 1.76. The number of hydrogen-bond acceptors (Lipinski definition) is 3. The van der Waals surface area contributed by atoms with Crippen LogP contribution in [0.25, 0.3) is 0 Å². The summed E-state index contributed by atoms with van der Waals surface area (Å²) < 4.78 is 1.94. The van der Waals surface area contributed by atoms with Crippen molar-refractivity contribution in [1.29, 1.82) is 0 Å². The molecule has 16 heavy (non-hydrogen) atoms. The number of carbonyl (C=O) groups excluding carboxylic acids is 1. The van der Waals surface area contributed by atoms with Crippen molar-refractivity contribution in [2.24, 2.45) is 5.92 Å². The van der Waals surface area contributed by atoms with Crippen LogP contribution in [0.15, 0.2) is 18.0 Å². The van der Waals surface area contributed by atoms with Gasteiger partial charge in [-0.3, -0.25) is 4.79 Å². The van der Waals surface area contributed by atoms with Crippen LogP contribution in [0.5, 0.6) is 0 Å². The van der Waals surface area contributed by atoms with Crippen molar-refractivity contribution in [2.45, 2.75) is 39.7 Å². The molecule has 0 atom stereocenters. The first-order chi connectivity index (χ1) is 7.65. The molecule has 86 valence electrons. The van der Waals surface area contributed by atoms with Gasteiger partial charge in [-0.05, 0) is 18.4 Å². The van der Waals surface area contributed by atoms with E-state index in [1.54, 1.807) is 12.4 Å². The van der Waals surface area contributed by atoms with E-state index < -0.39 is 0 Å². The summed E-state index contributed by atoms with van der Waals surface area (Å²) in [4.78, 5) is 15.4. The van der Waals surface area contributed by atoms with Gasteiger partial charge >= 0.3 is 0 Å². The van der Waals surface area contributed by atoms with Crippen molar-refractivity contribution in [2.75, 3.05) is 0 Å². The molecule has 1 aliphatic rings. The number of ketones is 1. The van der Waals surface area contributed by atoms with E-state index in [9.17, 15) is 4.79 Å². The average Bonchev–Trinajstić information content (AvgIpc) is 2.77. The van der Waals surface area contributed by atoms with Gasteiger partial charge in [0, 0.05) is 19.4 Å². The van der Waals surface area contributed by atoms with Gasteiger partial charge in [0.15, 0.2) is 5.78 Å². The second-order valence-electron chi connectivity index (χ2n) is 4.70. The maximum absolute atomic E-state index is 11.1. The van der Waals surface area contributed by atoms with Gasteiger partial charge < -0.3 is 0 Å². The van der Waals surface area contributed by atoms with Gasteiger partial charge in [-0.25, -0.2) is 9.67 Å². The van der Waals surface area contributed by atoms with Crippen molar-refractivity contribution in [3.8, 4) is 0 Å². The fourth-order valence-electron chi connectivity index (χ4n) is 1.92. The van der Waals surface area contributed by atoms with Gasteiger partial charge in [0.1, 0.15) is 12.2 Å². The average molecular weight is 219 g/mol. The zero-order chi connectivity index (χ0) is 11.5. The molecule has 0 N–H and O–H groups in total. The monoisotopic (exact) mass is 219 g/mol. The largest absolute Gasteiger partial charge is 0.295 e. The summed E-state index contributed by atoms with van der Waals surface area (Å²) in [6.45, 7) is 5.20. The quantitative estimate of drug-likeness (QED) is 0.775. The normalized spacial score (nSPS) is 15.9. The van der Waals surface area contributed by atoms with Crippen LogP contribution in [0.1, 0.15) is 32.5 Å². The third-order valence-electron chi connectivity index (χ3n) is 2.68. The number of nitrogens with zero attached hydrogens (tertiary/aromatic N) is 3. The Hall–Kier alpha value is -1.45. The van der Waals surface area contributed by atoms with Crippen LogP contribution < -0.4 is 0 Å². The summed E-state index contributed by atoms with van der Waals surface area (Å²) in [5, 5.41) is 4.21. The number of aromatic nitrogens is 3. The van der Waals surface area contributed by atoms with Gasteiger partial charge in [0.05, 0.1) is 0 Å². The summed E-state index contributed by atoms with van der Waals surface area (Å²) in [7, 11) is 0. The predicted molar refractivity (Wildman–Crippen MR) is 60.9 cm³/mol. The Balaban J connectivity index is 2.07. The molecule has 0 saturated carbocycles. The molecule has 2 rings (SSSR count). The SMILES string of the molecule is CC(C)Cn1ncnc1CC1=CC(=O)CC1. The summed E-state index contributed by atoms with van der Waals surface area (Å²) >= 11 is 0. The number of hydrogen-bond donors (Lipinski definition) is 0. The molecule has 0 unspecified atom stereocenters. The Morgan fingerprint density at radius 1 is 1.44 bits per heavy atom. The van der Waals surface area contributed by atoms with Gasteiger partial charge in [0.2, 0.25) is 0 Å². The first kappa shape index (κ1) is 11.0. The lowest BCUT2D eigenvalue weighted by atomic mass is 10.1. The number of rotatable bonds is 4. The molecule has 4 heteroatoms. The van der Waals surface area contributed by atoms with Gasteiger partial charge in [-0.1, -0.05) is 19.4 Å². The standard InChI is InChI=1S/C12H17N3O/c1-9(2)7-15-12(13-8-14-15)6-10-3-4-11(16)5-10/h5,8-9H,3-4,6-7H2,1-2H3. The van der Waals surface area contributed by atoms with Crippen molar-refractivity contribution in [3.63, 3.8) is 0 Å². The van der Waals surface area contributed by atoms with Crippen molar-refractivity contribution >= 4 is 5.78 Å². The van der Waals surface area contributed by atoms with Gasteiger partial charge in [0.25, 0.3) is 0 Å². The molecule has 0 amide bonds. The molecule has 0 aromatic carbocycles. The maximum Gasteiger partial charge on any atom is 0.155 e. The molecule has 0 radical (unpaired) electrons. The minimum absolute atomic E-state index is 0.241. The Morgan fingerprint density at radius 3 is 2.88 bits per heavy atom. The molecule has 0 bridgehead atoms. The number of carbonyl (C=O) groups is 1. The zero-order valence-corrected chi connectivity index (χ0v) is 9.81. The Kier molecular flexibility index (Phi) is 3.17. The van der Waals surface area contributed by atoms with Crippen LogP contribution in [0.4, 0.5) is 0 Å². The van der Waals surface area contributed by atoms with Crippen molar-refractivity contribution in [1.82, 2.24) is 14.8 Å². The topological polar surface area (TPSA) is 47.8 Å². The molecule has 1 aliphatic carbocycles. The van der Waals surface area contributed by atoms with Crippen LogP contribution in [0, 0.1) is 5.92 Å². The molecular formula is C12H17N3O. The van der Waals surface area contributed by atoms with Crippen LogP contribution >= 0.6 is 0 Å². The minimum Gasteiger partial charge on any atom is -0.295 e. The molecule has 0 aliphatic heterocycles. The van der Waals surface area contributed by atoms with Gasteiger partial charge in [-0.2, -0.15) is 5.10 Å². The molecule has 4 nitrogen and oxygen atoms in total. The van der Waals surface area contributed by atoms with Crippen LogP contribution in [-0.4, -0.2) is 20.5 Å². The van der Waals surface area contributed by atoms with Crippen molar-refractivity contribution < 1.29 is 4.79 Å². The molecule has 1 aromatic rings. The number of allylic oxidation sites excluding steroid dienone is 2. The highest BCUT2D eigenvalue weighted by Gasteiger charge is 2.15. The molecule has 0 spiro atoms. The lowest BCUT2D eigenvalue weighted by molar-refractivity contribution is -0.114. The lowest BCUT2D eigenvalue weighted by Crippen LogP contribution is -2.10. The Morgan fingerprint density at radius 2 is 2.25 bits per heavy atom. The molecule has 0 fully saturated rings. The van der Waals surface area contributed by atoms with Crippen LogP contribution in [0.3, 0.4) is 0 Å². The van der Waals surface area contributed by atoms with Crippen LogP contribution in [-0.2, 0) is 17.8 Å². The van der Waals surface area contributed by atoms with Crippen LogP contribution in [0.2, 0.25) is 0 Å². The summed E-state index contributed by atoms with van der Waals surface area (Å²) in [5.41, 5.74) is 1.18. The fourth-order valence-corrected chi connectivity index (χ4v) is 1.92. The predicted octanol–water partition coefficient (Wildman–Crippen LogP) is 1.77. The molecule has 1 aromatic heterocycles. The Bertz CT molecular complexity index is 418. The zero-order valence-electron chi connectivity index (χ0n) is 9.81. The van der Waals surface area contributed by atoms with E-state index in [0.29, 0.717) is 12.3 Å². The second kappa shape index (κ2) is 4.60.